The number of amides is 1. The van der Waals surface area contributed by atoms with Gasteiger partial charge >= 0.3 is 0 Å². The van der Waals surface area contributed by atoms with Crippen LogP contribution in [0.3, 0.4) is 0 Å². The standard InChI is InChI=1S/C25H30N4O5S/c1-32-17-4-5-18(20(14-17)33-2)24(30)28-9-6-19-21(15-28)35-23-22(19)25(31)29(16-26-23)8-3-7-27-10-12-34-13-11-27/h4-5,14,16H,3,6-13,15H2,1-2H3. The zero-order chi connectivity index (χ0) is 24.4. The van der Waals surface area contributed by atoms with E-state index in [4.69, 9.17) is 14.2 Å². The topological polar surface area (TPSA) is 86.1 Å². The Bertz CT molecular complexity index is 1280. The van der Waals surface area contributed by atoms with Crippen LogP contribution in [0.15, 0.2) is 29.3 Å². The van der Waals surface area contributed by atoms with Gasteiger partial charge in [0, 0.05) is 43.7 Å². The number of nitrogens with zero attached hydrogens (tertiary/aromatic N) is 4. The summed E-state index contributed by atoms with van der Waals surface area (Å²) < 4.78 is 17.8. The summed E-state index contributed by atoms with van der Waals surface area (Å²) in [6.45, 7) is 6.04. The minimum Gasteiger partial charge on any atom is -0.497 e. The molecule has 0 unspecified atom stereocenters. The molecule has 0 bridgehead atoms. The predicted octanol–water partition coefficient (Wildman–Crippen LogP) is 2.40. The summed E-state index contributed by atoms with van der Waals surface area (Å²) >= 11 is 1.51. The number of thiophene rings is 1. The average molecular weight is 499 g/mol. The van der Waals surface area contributed by atoms with Crippen LogP contribution >= 0.6 is 11.3 Å². The fourth-order valence-electron chi connectivity index (χ4n) is 4.79. The number of benzene rings is 1. The van der Waals surface area contributed by atoms with E-state index in [1.165, 1.54) is 11.3 Å². The first-order valence-electron chi connectivity index (χ1n) is 11.9. The number of fused-ring (bicyclic) bond motifs is 3. The summed E-state index contributed by atoms with van der Waals surface area (Å²) in [7, 11) is 3.12. The van der Waals surface area contributed by atoms with Crippen molar-refractivity contribution >= 4 is 27.5 Å². The van der Waals surface area contributed by atoms with Crippen molar-refractivity contribution in [3.8, 4) is 11.5 Å². The third-order valence-electron chi connectivity index (χ3n) is 6.73. The number of ether oxygens (including phenoxy) is 3. The van der Waals surface area contributed by atoms with E-state index in [0.717, 1.165) is 54.5 Å². The van der Waals surface area contributed by atoms with Gasteiger partial charge < -0.3 is 19.1 Å². The minimum absolute atomic E-state index is 0.0195. The van der Waals surface area contributed by atoms with E-state index < -0.39 is 0 Å². The molecule has 2 aromatic heterocycles. The molecule has 1 aromatic carbocycles. The van der Waals surface area contributed by atoms with Crippen LogP contribution in [0.5, 0.6) is 11.5 Å². The molecule has 9 nitrogen and oxygen atoms in total. The van der Waals surface area contributed by atoms with Gasteiger partial charge in [-0.05, 0) is 30.5 Å². The maximum absolute atomic E-state index is 13.3. The minimum atomic E-state index is -0.0962. The van der Waals surface area contributed by atoms with E-state index in [2.05, 4.69) is 9.88 Å². The fraction of sp³-hybridized carbons (Fsp3) is 0.480. The number of aryl methyl sites for hydroxylation is 1. The van der Waals surface area contributed by atoms with Crippen molar-refractivity contribution in [3.05, 3.63) is 50.9 Å². The van der Waals surface area contributed by atoms with E-state index >= 15 is 0 Å². The molecule has 1 fully saturated rings. The van der Waals surface area contributed by atoms with E-state index in [-0.39, 0.29) is 11.5 Å². The molecule has 2 aliphatic heterocycles. The first-order valence-corrected chi connectivity index (χ1v) is 12.7. The van der Waals surface area contributed by atoms with Crippen LogP contribution in [0.2, 0.25) is 0 Å². The Labute approximate surface area is 207 Å². The molecule has 10 heteroatoms. The number of hydrogen-bond donors (Lipinski definition) is 0. The largest absolute Gasteiger partial charge is 0.497 e. The number of aromatic nitrogens is 2. The fourth-order valence-corrected chi connectivity index (χ4v) is 5.98. The van der Waals surface area contributed by atoms with Crippen molar-refractivity contribution in [2.24, 2.45) is 0 Å². The van der Waals surface area contributed by atoms with Gasteiger partial charge in [-0.1, -0.05) is 0 Å². The van der Waals surface area contributed by atoms with E-state index in [0.29, 0.717) is 48.5 Å². The second-order valence-electron chi connectivity index (χ2n) is 8.78. The molecule has 1 amide bonds. The van der Waals surface area contributed by atoms with Crippen LogP contribution in [0.25, 0.3) is 10.2 Å². The zero-order valence-corrected chi connectivity index (χ0v) is 20.9. The maximum Gasteiger partial charge on any atom is 0.262 e. The highest BCUT2D eigenvalue weighted by atomic mass is 32.1. The molecular formula is C25H30N4O5S. The molecule has 0 N–H and O–H groups in total. The summed E-state index contributed by atoms with van der Waals surface area (Å²) in [4.78, 5) is 37.2. The SMILES string of the molecule is COc1ccc(C(=O)N2CCc3c(sc4ncn(CCCN5CCOCC5)c(=O)c34)C2)c(OC)c1. The number of methoxy groups -OCH3 is 2. The van der Waals surface area contributed by atoms with E-state index in [1.54, 1.807) is 43.3 Å². The number of carbonyl (C=O) groups is 1. The van der Waals surface area contributed by atoms with Gasteiger partial charge in [0.15, 0.2) is 0 Å². The van der Waals surface area contributed by atoms with Gasteiger partial charge in [0.2, 0.25) is 0 Å². The molecule has 0 saturated carbocycles. The quantitative estimate of drug-likeness (QED) is 0.494. The predicted molar refractivity (Wildman–Crippen MR) is 134 cm³/mol. The van der Waals surface area contributed by atoms with Crippen LogP contribution in [0, 0.1) is 0 Å². The van der Waals surface area contributed by atoms with Gasteiger partial charge in [-0.15, -0.1) is 11.3 Å². The summed E-state index contributed by atoms with van der Waals surface area (Å²) in [6.07, 6.45) is 3.19. The highest BCUT2D eigenvalue weighted by Crippen LogP contribution is 2.34. The summed E-state index contributed by atoms with van der Waals surface area (Å²) in [5.41, 5.74) is 1.56. The van der Waals surface area contributed by atoms with E-state index in [9.17, 15) is 9.59 Å². The van der Waals surface area contributed by atoms with Crippen LogP contribution in [0.1, 0.15) is 27.2 Å². The second kappa shape index (κ2) is 10.3. The molecule has 0 atom stereocenters. The maximum atomic E-state index is 13.3. The summed E-state index contributed by atoms with van der Waals surface area (Å²) in [5, 5.41) is 0.716. The molecule has 0 radical (unpaired) electrons. The lowest BCUT2D eigenvalue weighted by molar-refractivity contribution is 0.0369. The molecule has 5 rings (SSSR count). The lowest BCUT2D eigenvalue weighted by atomic mass is 10.0. The van der Waals surface area contributed by atoms with Gasteiger partial charge in [0.1, 0.15) is 16.3 Å². The molecule has 3 aromatic rings. The highest BCUT2D eigenvalue weighted by Gasteiger charge is 2.28. The number of morpholine rings is 1. The van der Waals surface area contributed by atoms with Crippen LogP contribution in [-0.2, 0) is 24.2 Å². The molecule has 2 aliphatic rings. The van der Waals surface area contributed by atoms with Gasteiger partial charge in [0.05, 0.1) is 51.3 Å². The summed E-state index contributed by atoms with van der Waals surface area (Å²) in [5.74, 6) is 1.02. The smallest absolute Gasteiger partial charge is 0.262 e. The van der Waals surface area contributed by atoms with Crippen molar-refractivity contribution in [1.29, 1.82) is 0 Å². The molecular weight excluding hydrogens is 468 g/mol. The first kappa shape index (κ1) is 23.8. The van der Waals surface area contributed by atoms with Crippen molar-refractivity contribution in [1.82, 2.24) is 19.4 Å². The Morgan fingerprint density at radius 3 is 2.74 bits per heavy atom. The molecule has 0 aliphatic carbocycles. The van der Waals surface area contributed by atoms with Gasteiger partial charge in [0.25, 0.3) is 11.5 Å². The van der Waals surface area contributed by atoms with Crippen molar-refractivity contribution in [3.63, 3.8) is 0 Å². The zero-order valence-electron chi connectivity index (χ0n) is 20.1. The molecule has 35 heavy (non-hydrogen) atoms. The third kappa shape index (κ3) is 4.78. The Morgan fingerprint density at radius 1 is 1.14 bits per heavy atom. The second-order valence-corrected chi connectivity index (χ2v) is 9.86. The van der Waals surface area contributed by atoms with Gasteiger partial charge in [-0.3, -0.25) is 19.1 Å². The Morgan fingerprint density at radius 2 is 1.97 bits per heavy atom. The van der Waals surface area contributed by atoms with Gasteiger partial charge in [-0.2, -0.15) is 0 Å². The normalized spacial score (nSPS) is 16.3. The van der Waals surface area contributed by atoms with Crippen LogP contribution in [0.4, 0.5) is 0 Å². The van der Waals surface area contributed by atoms with Crippen molar-refractivity contribution < 1.29 is 19.0 Å². The average Bonchev–Trinajstić information content (AvgIpc) is 3.28. The molecule has 4 heterocycles. The Hall–Kier alpha value is -2.95. The van der Waals surface area contributed by atoms with Crippen molar-refractivity contribution in [2.75, 3.05) is 53.6 Å². The molecule has 186 valence electrons. The van der Waals surface area contributed by atoms with E-state index in [1.807, 2.05) is 4.90 Å². The van der Waals surface area contributed by atoms with Crippen LogP contribution in [-0.4, -0.2) is 78.9 Å². The Kier molecular flexibility index (Phi) is 7.03. The third-order valence-corrected chi connectivity index (χ3v) is 7.86. The molecule has 1 saturated heterocycles. The van der Waals surface area contributed by atoms with Crippen LogP contribution < -0.4 is 15.0 Å². The lowest BCUT2D eigenvalue weighted by Crippen LogP contribution is -2.37. The lowest BCUT2D eigenvalue weighted by Gasteiger charge is -2.27. The first-order chi connectivity index (χ1) is 17.1. The number of carbonyl (C=O) groups excluding carboxylic acids is 1. The monoisotopic (exact) mass is 498 g/mol. The Balaban J connectivity index is 1.33. The number of hydrogen-bond acceptors (Lipinski definition) is 8. The molecule has 0 spiro atoms. The van der Waals surface area contributed by atoms with Gasteiger partial charge in [-0.25, -0.2) is 4.98 Å². The summed E-state index contributed by atoms with van der Waals surface area (Å²) in [6, 6.07) is 5.21. The van der Waals surface area contributed by atoms with Crippen molar-refractivity contribution in [2.45, 2.75) is 25.9 Å². The number of rotatable bonds is 7. The highest BCUT2D eigenvalue weighted by molar-refractivity contribution is 7.18.